The van der Waals surface area contributed by atoms with E-state index in [1.54, 1.807) is 0 Å². The van der Waals surface area contributed by atoms with Crippen molar-refractivity contribution in [1.82, 2.24) is 4.98 Å². The molecule has 0 saturated carbocycles. The predicted octanol–water partition coefficient (Wildman–Crippen LogP) is 5.30. The van der Waals surface area contributed by atoms with Crippen LogP contribution in [0, 0.1) is 0 Å². The Morgan fingerprint density at radius 3 is 2.67 bits per heavy atom. The van der Waals surface area contributed by atoms with E-state index in [0.29, 0.717) is 5.02 Å². The molecule has 0 unspecified atom stereocenters. The standard InChI is InChI=1S/C18H14ClNO2S2/c19-16-9-5-4-8-15(16)18-20-13(11-24-18)10-22-17(21)12-23-14-6-2-1-3-7-14/h1-9,11H,10,12H2. The van der Waals surface area contributed by atoms with Crippen LogP contribution >= 0.6 is 34.7 Å². The number of aromatic nitrogens is 1. The number of carbonyl (C=O) groups excluding carboxylic acids is 1. The zero-order valence-electron chi connectivity index (χ0n) is 12.6. The minimum atomic E-state index is -0.254. The number of carbonyl (C=O) groups is 1. The van der Waals surface area contributed by atoms with Crippen LogP contribution in [0.25, 0.3) is 10.6 Å². The highest BCUT2D eigenvalue weighted by Crippen LogP contribution is 2.30. The summed E-state index contributed by atoms with van der Waals surface area (Å²) in [4.78, 5) is 17.4. The van der Waals surface area contributed by atoms with Gasteiger partial charge in [0.1, 0.15) is 11.6 Å². The number of nitrogens with zero attached hydrogens (tertiary/aromatic N) is 1. The molecular weight excluding hydrogens is 362 g/mol. The van der Waals surface area contributed by atoms with E-state index in [-0.39, 0.29) is 18.3 Å². The average molecular weight is 376 g/mol. The summed E-state index contributed by atoms with van der Waals surface area (Å²) < 4.78 is 5.28. The topological polar surface area (TPSA) is 39.2 Å². The summed E-state index contributed by atoms with van der Waals surface area (Å²) in [5, 5.41) is 3.37. The van der Waals surface area contributed by atoms with Gasteiger partial charge in [-0.15, -0.1) is 23.1 Å². The first kappa shape index (κ1) is 17.0. The Morgan fingerprint density at radius 1 is 1.12 bits per heavy atom. The Labute approximate surface area is 153 Å². The van der Waals surface area contributed by atoms with Crippen LogP contribution in [0.2, 0.25) is 5.02 Å². The van der Waals surface area contributed by atoms with Gasteiger partial charge >= 0.3 is 5.97 Å². The van der Waals surface area contributed by atoms with E-state index in [1.165, 1.54) is 23.1 Å². The minimum Gasteiger partial charge on any atom is -0.459 e. The first-order chi connectivity index (χ1) is 11.7. The fraction of sp³-hybridized carbons (Fsp3) is 0.111. The van der Waals surface area contributed by atoms with Crippen LogP contribution < -0.4 is 0 Å². The van der Waals surface area contributed by atoms with Gasteiger partial charge in [-0.3, -0.25) is 4.79 Å². The summed E-state index contributed by atoms with van der Waals surface area (Å²) in [5.41, 5.74) is 1.62. The van der Waals surface area contributed by atoms with Gasteiger partial charge in [-0.2, -0.15) is 0 Å². The minimum absolute atomic E-state index is 0.176. The van der Waals surface area contributed by atoms with Crippen molar-refractivity contribution < 1.29 is 9.53 Å². The molecule has 0 atom stereocenters. The van der Waals surface area contributed by atoms with E-state index in [4.69, 9.17) is 16.3 Å². The lowest BCUT2D eigenvalue weighted by atomic mass is 10.2. The average Bonchev–Trinajstić information content (AvgIpc) is 3.08. The van der Waals surface area contributed by atoms with Crippen molar-refractivity contribution in [2.24, 2.45) is 0 Å². The van der Waals surface area contributed by atoms with Crippen LogP contribution in [0.1, 0.15) is 5.69 Å². The highest BCUT2D eigenvalue weighted by Gasteiger charge is 2.10. The van der Waals surface area contributed by atoms with Gasteiger partial charge in [0.05, 0.1) is 16.5 Å². The zero-order valence-corrected chi connectivity index (χ0v) is 15.0. The molecule has 0 aliphatic heterocycles. The highest BCUT2D eigenvalue weighted by molar-refractivity contribution is 8.00. The molecular formula is C18H14ClNO2S2. The molecule has 0 saturated heterocycles. The Balaban J connectivity index is 1.52. The van der Waals surface area contributed by atoms with E-state index in [2.05, 4.69) is 4.98 Å². The van der Waals surface area contributed by atoms with E-state index in [9.17, 15) is 4.79 Å². The molecule has 24 heavy (non-hydrogen) atoms. The number of esters is 1. The number of benzene rings is 2. The first-order valence-corrected chi connectivity index (χ1v) is 9.49. The Kier molecular flexibility index (Phi) is 5.91. The summed E-state index contributed by atoms with van der Waals surface area (Å²) in [6.07, 6.45) is 0. The maximum absolute atomic E-state index is 11.8. The quantitative estimate of drug-likeness (QED) is 0.433. The molecule has 3 aromatic rings. The van der Waals surface area contributed by atoms with Crippen LogP contribution in [-0.4, -0.2) is 16.7 Å². The third kappa shape index (κ3) is 4.60. The third-order valence-electron chi connectivity index (χ3n) is 3.14. The van der Waals surface area contributed by atoms with E-state index >= 15 is 0 Å². The lowest BCUT2D eigenvalue weighted by molar-refractivity contribution is -0.141. The van der Waals surface area contributed by atoms with Crippen molar-refractivity contribution in [3.05, 3.63) is 70.7 Å². The van der Waals surface area contributed by atoms with Crippen LogP contribution in [0.3, 0.4) is 0 Å². The molecule has 0 N–H and O–H groups in total. The second-order valence-corrected chi connectivity index (χ2v) is 7.20. The highest BCUT2D eigenvalue weighted by atomic mass is 35.5. The van der Waals surface area contributed by atoms with Gasteiger partial charge in [0.15, 0.2) is 0 Å². The largest absolute Gasteiger partial charge is 0.459 e. The molecule has 0 bridgehead atoms. The van der Waals surface area contributed by atoms with Gasteiger partial charge in [-0.05, 0) is 18.2 Å². The van der Waals surface area contributed by atoms with Gasteiger partial charge < -0.3 is 4.74 Å². The second-order valence-electron chi connectivity index (χ2n) is 4.89. The van der Waals surface area contributed by atoms with Gasteiger partial charge in [-0.25, -0.2) is 4.98 Å². The molecule has 6 heteroatoms. The number of halogens is 1. The summed E-state index contributed by atoms with van der Waals surface area (Å²) >= 11 is 9.12. The van der Waals surface area contributed by atoms with Gasteiger partial charge in [-0.1, -0.05) is 48.0 Å². The second kappa shape index (κ2) is 8.33. The fourth-order valence-corrected chi connectivity index (χ4v) is 3.83. The molecule has 0 spiro atoms. The Morgan fingerprint density at radius 2 is 1.88 bits per heavy atom. The molecule has 0 fully saturated rings. The zero-order chi connectivity index (χ0) is 16.8. The summed E-state index contributed by atoms with van der Waals surface area (Å²) in [6, 6.07) is 17.3. The van der Waals surface area contributed by atoms with Gasteiger partial charge in [0.25, 0.3) is 0 Å². The monoisotopic (exact) mass is 375 g/mol. The van der Waals surface area contributed by atoms with Crippen molar-refractivity contribution in [3.8, 4) is 10.6 Å². The summed E-state index contributed by atoms with van der Waals surface area (Å²) in [6.45, 7) is 0.176. The molecule has 3 nitrogen and oxygen atoms in total. The maximum atomic E-state index is 11.8. The SMILES string of the molecule is O=C(CSc1ccccc1)OCc1csc(-c2ccccc2Cl)n1. The number of thiazole rings is 1. The molecule has 3 rings (SSSR count). The predicted molar refractivity (Wildman–Crippen MR) is 99.5 cm³/mol. The molecule has 1 heterocycles. The molecule has 122 valence electrons. The van der Waals surface area contributed by atoms with Crippen molar-refractivity contribution in [2.75, 3.05) is 5.75 Å². The molecule has 0 radical (unpaired) electrons. The smallest absolute Gasteiger partial charge is 0.316 e. The van der Waals surface area contributed by atoms with Crippen molar-refractivity contribution >= 4 is 40.7 Å². The maximum Gasteiger partial charge on any atom is 0.316 e. The van der Waals surface area contributed by atoms with Crippen LogP contribution in [-0.2, 0) is 16.1 Å². The molecule has 0 aliphatic carbocycles. The van der Waals surface area contributed by atoms with E-state index in [1.807, 2.05) is 60.0 Å². The Hall–Kier alpha value is -1.82. The number of hydrogen-bond acceptors (Lipinski definition) is 5. The number of thioether (sulfide) groups is 1. The normalized spacial score (nSPS) is 10.5. The van der Waals surface area contributed by atoms with Crippen LogP contribution in [0.5, 0.6) is 0 Å². The van der Waals surface area contributed by atoms with E-state index in [0.717, 1.165) is 21.2 Å². The molecule has 1 aromatic heterocycles. The van der Waals surface area contributed by atoms with Crippen molar-refractivity contribution in [2.45, 2.75) is 11.5 Å². The van der Waals surface area contributed by atoms with Crippen LogP contribution in [0.15, 0.2) is 64.9 Å². The summed E-state index contributed by atoms with van der Waals surface area (Å²) in [5.74, 6) is 0.0297. The molecule has 0 amide bonds. The molecule has 0 aliphatic rings. The lowest BCUT2D eigenvalue weighted by Gasteiger charge is -2.03. The number of ether oxygens (including phenoxy) is 1. The van der Waals surface area contributed by atoms with Gasteiger partial charge in [0, 0.05) is 15.8 Å². The number of hydrogen-bond donors (Lipinski definition) is 0. The lowest BCUT2D eigenvalue weighted by Crippen LogP contribution is -2.07. The third-order valence-corrected chi connectivity index (χ3v) is 5.38. The van der Waals surface area contributed by atoms with E-state index < -0.39 is 0 Å². The Bertz CT molecular complexity index is 821. The fourth-order valence-electron chi connectivity index (χ4n) is 1.99. The van der Waals surface area contributed by atoms with Crippen LogP contribution in [0.4, 0.5) is 0 Å². The molecule has 2 aromatic carbocycles. The number of rotatable bonds is 6. The van der Waals surface area contributed by atoms with Crippen molar-refractivity contribution in [3.63, 3.8) is 0 Å². The van der Waals surface area contributed by atoms with Gasteiger partial charge in [0.2, 0.25) is 0 Å². The summed E-state index contributed by atoms with van der Waals surface area (Å²) in [7, 11) is 0. The van der Waals surface area contributed by atoms with Crippen molar-refractivity contribution in [1.29, 1.82) is 0 Å². The first-order valence-electron chi connectivity index (χ1n) is 7.25.